The summed E-state index contributed by atoms with van der Waals surface area (Å²) in [5.41, 5.74) is 4.69. The number of aliphatic hydroxyl groups is 1. The molecule has 4 N–H and O–H groups in total. The van der Waals surface area contributed by atoms with Crippen LogP contribution in [0.1, 0.15) is 30.6 Å². The van der Waals surface area contributed by atoms with E-state index in [4.69, 9.17) is 16.7 Å². The fourth-order valence-electron chi connectivity index (χ4n) is 2.12. The van der Waals surface area contributed by atoms with E-state index in [0.717, 1.165) is 27.5 Å². The SMILES string of the molecule is C=Cc1ccc(CCl)cc1.C=Cc1ccc(CSc2cn[nH]n2)cc1.CCO.S=c1cn[nH][nH]1.[H-].[Na+]. The van der Waals surface area contributed by atoms with E-state index in [9.17, 15) is 0 Å². The molecule has 7 nitrogen and oxygen atoms in total. The Balaban J connectivity index is 0. The molecule has 0 bridgehead atoms. The van der Waals surface area contributed by atoms with Crippen LogP contribution in [-0.4, -0.2) is 42.5 Å². The zero-order chi connectivity index (χ0) is 25.0. The van der Waals surface area contributed by atoms with Crippen molar-refractivity contribution in [1.82, 2.24) is 30.8 Å². The molecule has 0 spiro atoms. The van der Waals surface area contributed by atoms with Crippen molar-refractivity contribution in [3.63, 3.8) is 0 Å². The van der Waals surface area contributed by atoms with E-state index in [2.05, 4.69) is 80.5 Å². The summed E-state index contributed by atoms with van der Waals surface area (Å²) in [7, 11) is 0. The molecular formula is C24H30ClN6NaOS2. The predicted octanol–water partition coefficient (Wildman–Crippen LogP) is 3.39. The molecule has 0 amide bonds. The molecule has 2 aromatic carbocycles. The molecule has 0 aliphatic heterocycles. The molecule has 0 unspecified atom stereocenters. The average molecular weight is 541 g/mol. The Kier molecular flexibility index (Phi) is 20.1. The van der Waals surface area contributed by atoms with Crippen molar-refractivity contribution in [3.05, 3.63) is 101 Å². The Morgan fingerprint density at radius 2 is 1.54 bits per heavy atom. The largest absolute Gasteiger partial charge is 1.00 e. The van der Waals surface area contributed by atoms with Crippen LogP contribution < -0.4 is 29.6 Å². The summed E-state index contributed by atoms with van der Waals surface area (Å²) < 4.78 is 0.634. The zero-order valence-corrected chi connectivity index (χ0v) is 24.3. The minimum Gasteiger partial charge on any atom is -1.00 e. The van der Waals surface area contributed by atoms with Crippen LogP contribution >= 0.6 is 35.6 Å². The average Bonchev–Trinajstić information content (AvgIpc) is 3.58. The second kappa shape index (κ2) is 21.3. The first kappa shape index (κ1) is 33.0. The van der Waals surface area contributed by atoms with Crippen molar-refractivity contribution in [2.75, 3.05) is 6.61 Å². The van der Waals surface area contributed by atoms with Gasteiger partial charge in [0.15, 0.2) is 0 Å². The molecule has 4 aromatic rings. The molecule has 11 heteroatoms. The number of hydrogen-bond donors (Lipinski definition) is 4. The van der Waals surface area contributed by atoms with Gasteiger partial charge < -0.3 is 6.53 Å². The maximum atomic E-state index is 7.57. The van der Waals surface area contributed by atoms with Gasteiger partial charge in [-0.05, 0) is 29.2 Å². The fraction of sp³-hybridized carbons (Fsp3) is 0.167. The van der Waals surface area contributed by atoms with Gasteiger partial charge >= 0.3 is 29.6 Å². The number of rotatable bonds is 6. The molecule has 0 fully saturated rings. The van der Waals surface area contributed by atoms with Crippen molar-refractivity contribution in [2.24, 2.45) is 0 Å². The van der Waals surface area contributed by atoms with E-state index in [1.54, 1.807) is 24.9 Å². The third kappa shape index (κ3) is 15.6. The van der Waals surface area contributed by atoms with Gasteiger partial charge in [-0.3, -0.25) is 5.10 Å². The molecule has 0 aliphatic carbocycles. The van der Waals surface area contributed by atoms with E-state index >= 15 is 0 Å². The third-order valence-electron chi connectivity index (χ3n) is 3.79. The number of aromatic nitrogens is 6. The third-order valence-corrected chi connectivity index (χ3v) is 5.28. The van der Waals surface area contributed by atoms with Crippen molar-refractivity contribution >= 4 is 47.7 Å². The standard InChI is InChI=1S/C11H11N3S.C9H9Cl.C2H3N3S.C2H6O.Na.H/c1-2-9-3-5-10(6-4-9)8-15-11-7-12-14-13-11;1-2-8-3-5-9(7-10)6-4-8;6-2-1-3-5-4-2;1-2-3;;/h2-7H,1,8H2,(H,12,13,14);2-6H,1,7H2;1H,(H2,3,4,5,6);3H,2H2,1H3;;/q;;;;+1;-1. The predicted molar refractivity (Wildman–Crippen MR) is 146 cm³/mol. The van der Waals surface area contributed by atoms with Crippen molar-refractivity contribution in [3.8, 4) is 0 Å². The Hall–Kier alpha value is -1.98. The summed E-state index contributed by atoms with van der Waals surface area (Å²) in [5.74, 6) is 1.49. The number of thioether (sulfide) groups is 1. The summed E-state index contributed by atoms with van der Waals surface area (Å²) >= 11 is 11.9. The first-order valence-electron chi connectivity index (χ1n) is 10.2. The van der Waals surface area contributed by atoms with E-state index < -0.39 is 0 Å². The first-order valence-corrected chi connectivity index (χ1v) is 12.1. The van der Waals surface area contributed by atoms with Gasteiger partial charge in [-0.25, -0.2) is 5.21 Å². The number of nitrogens with zero attached hydrogens (tertiary/aromatic N) is 3. The topological polar surface area (TPSA) is 106 Å². The molecule has 0 aliphatic rings. The summed E-state index contributed by atoms with van der Waals surface area (Å²) in [4.78, 5) is 0. The van der Waals surface area contributed by atoms with Gasteiger partial charge in [0, 0.05) is 18.2 Å². The number of aromatic amines is 3. The number of alkyl halides is 1. The summed E-state index contributed by atoms with van der Waals surface area (Å²) in [6, 6.07) is 16.3. The fourth-order valence-corrected chi connectivity index (χ4v) is 3.14. The van der Waals surface area contributed by atoms with E-state index in [-0.39, 0.29) is 37.6 Å². The van der Waals surface area contributed by atoms with E-state index in [1.165, 1.54) is 11.8 Å². The molecule has 35 heavy (non-hydrogen) atoms. The monoisotopic (exact) mass is 540 g/mol. The number of H-pyrrole nitrogens is 3. The zero-order valence-electron chi connectivity index (χ0n) is 20.9. The summed E-state index contributed by atoms with van der Waals surface area (Å²) in [5, 5.41) is 27.4. The van der Waals surface area contributed by atoms with Crippen LogP contribution in [0.15, 0.2) is 79.1 Å². The van der Waals surface area contributed by atoms with Gasteiger partial charge in [-0.15, -0.1) is 16.7 Å². The molecule has 0 atom stereocenters. The van der Waals surface area contributed by atoms with Crippen molar-refractivity contribution in [1.29, 1.82) is 0 Å². The molecule has 182 valence electrons. The maximum absolute atomic E-state index is 7.57. The van der Waals surface area contributed by atoms with Crippen LogP contribution in [0.5, 0.6) is 0 Å². The van der Waals surface area contributed by atoms with Gasteiger partial charge in [0.05, 0.1) is 12.4 Å². The number of hydrogen-bond acceptors (Lipinski definition) is 6. The molecule has 0 saturated heterocycles. The first-order chi connectivity index (χ1) is 16.6. The maximum Gasteiger partial charge on any atom is 1.00 e. The van der Waals surface area contributed by atoms with E-state index in [0.29, 0.717) is 10.5 Å². The van der Waals surface area contributed by atoms with Crippen LogP contribution in [0.2, 0.25) is 0 Å². The van der Waals surface area contributed by atoms with Crippen LogP contribution in [-0.2, 0) is 11.6 Å². The second-order valence-corrected chi connectivity index (χ2v) is 8.00. The molecule has 4 rings (SSSR count). The van der Waals surface area contributed by atoms with Gasteiger partial charge in [0.2, 0.25) is 0 Å². The number of aliphatic hydroxyl groups excluding tert-OH is 1. The molecule has 2 aromatic heterocycles. The van der Waals surface area contributed by atoms with Crippen molar-refractivity contribution < 1.29 is 36.1 Å². The van der Waals surface area contributed by atoms with Crippen LogP contribution in [0.4, 0.5) is 0 Å². The quantitative estimate of drug-likeness (QED) is 0.129. The van der Waals surface area contributed by atoms with Gasteiger partial charge in [-0.2, -0.15) is 15.4 Å². The molecule has 2 heterocycles. The van der Waals surface area contributed by atoms with Crippen LogP contribution in [0.25, 0.3) is 12.2 Å². The molecule has 0 radical (unpaired) electrons. The second-order valence-electron chi connectivity index (χ2n) is 6.30. The minimum atomic E-state index is 0. The number of nitrogens with one attached hydrogen (secondary N) is 3. The molecule has 0 saturated carbocycles. The Labute approximate surface area is 244 Å². The van der Waals surface area contributed by atoms with E-state index in [1.807, 2.05) is 36.4 Å². The number of benzene rings is 2. The summed E-state index contributed by atoms with van der Waals surface area (Å²) in [6.07, 6.45) is 6.92. The van der Waals surface area contributed by atoms with Gasteiger partial charge in [-0.1, -0.05) is 97.8 Å². The van der Waals surface area contributed by atoms with Crippen LogP contribution in [0, 0.1) is 4.64 Å². The Morgan fingerprint density at radius 1 is 1.00 bits per heavy atom. The summed E-state index contributed by atoms with van der Waals surface area (Å²) in [6.45, 7) is 9.30. The minimum absolute atomic E-state index is 0. The number of halogens is 1. The Morgan fingerprint density at radius 3 is 1.89 bits per heavy atom. The Bertz CT molecular complexity index is 1090. The smallest absolute Gasteiger partial charge is 1.00 e. The van der Waals surface area contributed by atoms with Crippen molar-refractivity contribution in [2.45, 2.75) is 23.6 Å². The molecular weight excluding hydrogens is 511 g/mol. The van der Waals surface area contributed by atoms with Gasteiger partial charge in [0.25, 0.3) is 0 Å². The van der Waals surface area contributed by atoms with Gasteiger partial charge in [0.1, 0.15) is 9.67 Å². The van der Waals surface area contributed by atoms with Crippen LogP contribution in [0.3, 0.4) is 0 Å². The normalized spacial score (nSPS) is 9.00.